The van der Waals surface area contributed by atoms with Gasteiger partial charge in [0, 0.05) is 25.3 Å². The summed E-state index contributed by atoms with van der Waals surface area (Å²) in [6.45, 7) is 10.1. The number of nitrogens with one attached hydrogen (secondary N) is 1. The summed E-state index contributed by atoms with van der Waals surface area (Å²) in [5.41, 5.74) is 1.71. The second-order valence-corrected chi connectivity index (χ2v) is 5.09. The molecule has 1 aromatic carbocycles. The molecule has 0 unspecified atom stereocenters. The molecule has 0 bridgehead atoms. The molecule has 1 aromatic rings. The van der Waals surface area contributed by atoms with Crippen LogP contribution in [-0.4, -0.2) is 26.7 Å². The quantitative estimate of drug-likeness (QED) is 0.757. The van der Waals surface area contributed by atoms with Crippen molar-refractivity contribution in [1.82, 2.24) is 5.32 Å². The summed E-state index contributed by atoms with van der Waals surface area (Å²) in [6, 6.07) is 10.7. The van der Waals surface area contributed by atoms with E-state index in [1.165, 1.54) is 18.5 Å². The summed E-state index contributed by atoms with van der Waals surface area (Å²) < 4.78 is 0. The molecule has 1 N–H and O–H groups in total. The Kier molecular flexibility index (Phi) is 6.20. The Morgan fingerprint density at radius 1 is 1.06 bits per heavy atom. The molecule has 0 aliphatic heterocycles. The highest BCUT2D eigenvalue weighted by Gasteiger charge is 2.27. The Balaban J connectivity index is 2.83. The van der Waals surface area contributed by atoms with E-state index in [9.17, 15) is 0 Å². The lowest BCUT2D eigenvalue weighted by atomic mass is 9.81. The van der Waals surface area contributed by atoms with Gasteiger partial charge in [-0.15, -0.1) is 0 Å². The van der Waals surface area contributed by atoms with E-state index in [1.807, 2.05) is 0 Å². The highest BCUT2D eigenvalue weighted by atomic mass is 15.1. The molecule has 0 spiro atoms. The van der Waals surface area contributed by atoms with Crippen LogP contribution in [0.3, 0.4) is 0 Å². The Bertz CT molecular complexity index is 317. The Labute approximate surface area is 112 Å². The van der Waals surface area contributed by atoms with Crippen LogP contribution in [0, 0.1) is 5.41 Å². The summed E-state index contributed by atoms with van der Waals surface area (Å²) in [5.74, 6) is 0. The fraction of sp³-hybridized carbons (Fsp3) is 0.625. The molecule has 0 heterocycles. The van der Waals surface area contributed by atoms with Gasteiger partial charge >= 0.3 is 0 Å². The van der Waals surface area contributed by atoms with Gasteiger partial charge in [0.05, 0.1) is 0 Å². The lowest BCUT2D eigenvalue weighted by Gasteiger charge is -2.38. The summed E-state index contributed by atoms with van der Waals surface area (Å²) >= 11 is 0. The Hall–Kier alpha value is -1.02. The monoisotopic (exact) mass is 248 g/mol. The molecule has 102 valence electrons. The van der Waals surface area contributed by atoms with Gasteiger partial charge < -0.3 is 10.2 Å². The minimum Gasteiger partial charge on any atom is -0.371 e. The van der Waals surface area contributed by atoms with E-state index in [2.05, 4.69) is 68.4 Å². The maximum atomic E-state index is 3.36. The molecule has 1 rings (SSSR count). The highest BCUT2D eigenvalue weighted by molar-refractivity contribution is 5.46. The average Bonchev–Trinajstić information content (AvgIpc) is 2.44. The first-order valence-corrected chi connectivity index (χ1v) is 7.16. The lowest BCUT2D eigenvalue weighted by Crippen LogP contribution is -2.43. The molecule has 0 saturated heterocycles. The fourth-order valence-corrected chi connectivity index (χ4v) is 2.58. The molecule has 0 fully saturated rings. The molecular formula is C16H28N2. The van der Waals surface area contributed by atoms with Crippen molar-refractivity contribution < 1.29 is 0 Å². The second-order valence-electron chi connectivity index (χ2n) is 5.09. The molecule has 2 heteroatoms. The number of hydrogen-bond acceptors (Lipinski definition) is 2. The Morgan fingerprint density at radius 3 is 2.11 bits per heavy atom. The topological polar surface area (TPSA) is 15.3 Å². The van der Waals surface area contributed by atoms with Gasteiger partial charge in [0.15, 0.2) is 0 Å². The molecule has 18 heavy (non-hydrogen) atoms. The molecule has 0 radical (unpaired) electrons. The predicted octanol–water partition coefficient (Wildman–Crippen LogP) is 3.54. The summed E-state index contributed by atoms with van der Waals surface area (Å²) in [4.78, 5) is 2.49. The third-order valence-corrected chi connectivity index (χ3v) is 4.08. The van der Waals surface area contributed by atoms with E-state index < -0.39 is 0 Å². The highest BCUT2D eigenvalue weighted by Crippen LogP contribution is 2.29. The van der Waals surface area contributed by atoms with E-state index in [-0.39, 0.29) is 0 Å². The number of nitrogens with zero attached hydrogens (tertiary/aromatic N) is 1. The third kappa shape index (κ3) is 3.74. The van der Waals surface area contributed by atoms with E-state index in [0.29, 0.717) is 5.41 Å². The van der Waals surface area contributed by atoms with Crippen LogP contribution in [0.1, 0.15) is 33.6 Å². The van der Waals surface area contributed by atoms with E-state index in [0.717, 1.165) is 19.6 Å². The van der Waals surface area contributed by atoms with Crippen LogP contribution in [-0.2, 0) is 0 Å². The number of para-hydroxylation sites is 1. The average molecular weight is 248 g/mol. The summed E-state index contributed by atoms with van der Waals surface area (Å²) in [7, 11) is 2.05. The zero-order valence-corrected chi connectivity index (χ0v) is 12.4. The first-order chi connectivity index (χ1) is 8.71. The fourth-order valence-electron chi connectivity index (χ4n) is 2.58. The van der Waals surface area contributed by atoms with Crippen molar-refractivity contribution in [1.29, 1.82) is 0 Å². The molecule has 2 nitrogen and oxygen atoms in total. The number of rotatable bonds is 8. The van der Waals surface area contributed by atoms with Crippen LogP contribution in [0.4, 0.5) is 5.69 Å². The van der Waals surface area contributed by atoms with Crippen LogP contribution in [0.15, 0.2) is 30.3 Å². The molecule has 0 amide bonds. The van der Waals surface area contributed by atoms with Gasteiger partial charge in [-0.3, -0.25) is 0 Å². The third-order valence-electron chi connectivity index (χ3n) is 4.08. The van der Waals surface area contributed by atoms with Gasteiger partial charge in [0.25, 0.3) is 0 Å². The first kappa shape index (κ1) is 15.0. The van der Waals surface area contributed by atoms with Gasteiger partial charge in [-0.05, 0) is 44.4 Å². The Morgan fingerprint density at radius 2 is 1.67 bits per heavy atom. The van der Waals surface area contributed by atoms with E-state index in [1.54, 1.807) is 0 Å². The minimum absolute atomic E-state index is 0.376. The largest absolute Gasteiger partial charge is 0.371 e. The minimum atomic E-state index is 0.376. The van der Waals surface area contributed by atoms with Crippen LogP contribution < -0.4 is 10.2 Å². The van der Waals surface area contributed by atoms with Gasteiger partial charge in [0.2, 0.25) is 0 Å². The van der Waals surface area contributed by atoms with Crippen LogP contribution in [0.5, 0.6) is 0 Å². The second kappa shape index (κ2) is 7.42. The molecular weight excluding hydrogens is 220 g/mol. The summed E-state index contributed by atoms with van der Waals surface area (Å²) in [6.07, 6.45) is 2.43. The van der Waals surface area contributed by atoms with Gasteiger partial charge in [-0.1, -0.05) is 32.0 Å². The van der Waals surface area contributed by atoms with Crippen LogP contribution in [0.25, 0.3) is 0 Å². The van der Waals surface area contributed by atoms with Crippen molar-refractivity contribution in [2.24, 2.45) is 5.41 Å². The molecule has 0 aliphatic rings. The number of hydrogen-bond donors (Lipinski definition) is 1. The van der Waals surface area contributed by atoms with Gasteiger partial charge in [-0.25, -0.2) is 0 Å². The zero-order valence-electron chi connectivity index (χ0n) is 12.4. The summed E-state index contributed by atoms with van der Waals surface area (Å²) in [5, 5.41) is 3.36. The molecule has 0 aliphatic carbocycles. The molecule has 0 aromatic heterocycles. The molecule has 0 saturated carbocycles. The van der Waals surface area contributed by atoms with E-state index in [4.69, 9.17) is 0 Å². The number of benzene rings is 1. The predicted molar refractivity (Wildman–Crippen MR) is 81.3 cm³/mol. The maximum absolute atomic E-state index is 3.36. The van der Waals surface area contributed by atoms with Gasteiger partial charge in [0.1, 0.15) is 0 Å². The maximum Gasteiger partial charge on any atom is 0.0366 e. The molecule has 0 atom stereocenters. The number of anilines is 1. The van der Waals surface area contributed by atoms with Crippen molar-refractivity contribution in [3.63, 3.8) is 0 Å². The first-order valence-electron chi connectivity index (χ1n) is 7.16. The van der Waals surface area contributed by atoms with Crippen molar-refractivity contribution >= 4 is 5.69 Å². The van der Waals surface area contributed by atoms with E-state index >= 15 is 0 Å². The van der Waals surface area contributed by atoms with Crippen molar-refractivity contribution in [3.05, 3.63) is 30.3 Å². The zero-order chi connectivity index (χ0) is 13.4. The SMILES string of the molecule is CCN(CC(CC)(CC)CNC)c1ccccc1. The van der Waals surface area contributed by atoms with Crippen molar-refractivity contribution in [2.75, 3.05) is 31.6 Å². The normalized spacial score (nSPS) is 11.6. The lowest BCUT2D eigenvalue weighted by molar-refractivity contribution is 0.260. The smallest absolute Gasteiger partial charge is 0.0366 e. The van der Waals surface area contributed by atoms with Crippen LogP contribution >= 0.6 is 0 Å². The van der Waals surface area contributed by atoms with Crippen LogP contribution in [0.2, 0.25) is 0 Å². The van der Waals surface area contributed by atoms with Crippen molar-refractivity contribution in [3.8, 4) is 0 Å². The standard InChI is InChI=1S/C16H28N2/c1-5-16(6-2,13-17-4)14-18(7-3)15-11-9-8-10-12-15/h8-12,17H,5-7,13-14H2,1-4H3. The van der Waals surface area contributed by atoms with Crippen molar-refractivity contribution in [2.45, 2.75) is 33.6 Å². The van der Waals surface area contributed by atoms with Gasteiger partial charge in [-0.2, -0.15) is 0 Å².